The largest absolute Gasteiger partial charge is 0.487 e. The number of hydrogen-bond acceptors (Lipinski definition) is 3. The van der Waals surface area contributed by atoms with Crippen molar-refractivity contribution >= 4 is 12.2 Å². The van der Waals surface area contributed by atoms with E-state index in [1.165, 1.54) is 32.1 Å². The molecule has 1 aromatic rings. The van der Waals surface area contributed by atoms with Gasteiger partial charge in [0.1, 0.15) is 11.9 Å². The molecule has 1 unspecified atom stereocenters. The standard InChI is InChI=1S/C20H25N3O2/c24-19(22-13-17(14-22)25-16-4-2-1-3-5-16)23-18(8-11-21-23)20-9-6-15(12-20)7-10-20/h1-5,11,15,17-18H,6-10,12-14H2. The Morgan fingerprint density at radius 2 is 1.92 bits per heavy atom. The lowest BCUT2D eigenvalue weighted by atomic mass is 9.76. The van der Waals surface area contributed by atoms with Gasteiger partial charge >= 0.3 is 6.03 Å². The summed E-state index contributed by atoms with van der Waals surface area (Å²) in [7, 11) is 0. The van der Waals surface area contributed by atoms with E-state index in [9.17, 15) is 4.79 Å². The summed E-state index contributed by atoms with van der Waals surface area (Å²) in [6.07, 6.45) is 9.49. The van der Waals surface area contributed by atoms with Crippen LogP contribution in [0.25, 0.3) is 0 Å². The molecule has 2 aliphatic heterocycles. The molecular weight excluding hydrogens is 314 g/mol. The van der Waals surface area contributed by atoms with E-state index >= 15 is 0 Å². The molecule has 25 heavy (non-hydrogen) atoms. The van der Waals surface area contributed by atoms with Gasteiger partial charge < -0.3 is 9.64 Å². The Balaban J connectivity index is 1.21. The second-order valence-corrected chi connectivity index (χ2v) is 8.14. The fourth-order valence-electron chi connectivity index (χ4n) is 5.32. The van der Waals surface area contributed by atoms with Crippen molar-refractivity contribution in [3.05, 3.63) is 30.3 Å². The summed E-state index contributed by atoms with van der Waals surface area (Å²) in [5.41, 5.74) is 0.335. The lowest BCUT2D eigenvalue weighted by molar-refractivity contribution is 0.0162. The van der Waals surface area contributed by atoms with Crippen molar-refractivity contribution < 1.29 is 9.53 Å². The summed E-state index contributed by atoms with van der Waals surface area (Å²) in [6, 6.07) is 10.2. The van der Waals surface area contributed by atoms with Gasteiger partial charge in [0.2, 0.25) is 0 Å². The number of carbonyl (C=O) groups is 1. The van der Waals surface area contributed by atoms with Crippen LogP contribution in [0.15, 0.2) is 35.4 Å². The molecule has 132 valence electrons. The SMILES string of the molecule is O=C(N1CC(Oc2ccccc2)C1)N1N=CCC1C12CCC(CC1)C2. The van der Waals surface area contributed by atoms with E-state index in [1.54, 1.807) is 5.01 Å². The quantitative estimate of drug-likeness (QED) is 0.846. The molecule has 1 aromatic carbocycles. The number of rotatable bonds is 3. The molecule has 0 radical (unpaired) electrons. The third kappa shape index (κ3) is 2.52. The third-order valence-corrected chi connectivity index (χ3v) is 6.69. The molecule has 0 aromatic heterocycles. The van der Waals surface area contributed by atoms with Crippen molar-refractivity contribution in [1.82, 2.24) is 9.91 Å². The fourth-order valence-corrected chi connectivity index (χ4v) is 5.32. The summed E-state index contributed by atoms with van der Waals surface area (Å²) >= 11 is 0. The highest BCUT2D eigenvalue weighted by molar-refractivity contribution is 5.79. The third-order valence-electron chi connectivity index (χ3n) is 6.69. The van der Waals surface area contributed by atoms with Crippen molar-refractivity contribution in [3.63, 3.8) is 0 Å². The number of likely N-dealkylation sites (tertiary alicyclic amines) is 1. The monoisotopic (exact) mass is 339 g/mol. The zero-order valence-electron chi connectivity index (χ0n) is 14.5. The summed E-state index contributed by atoms with van der Waals surface area (Å²) < 4.78 is 5.92. The van der Waals surface area contributed by atoms with Crippen LogP contribution in [0.4, 0.5) is 4.79 Å². The lowest BCUT2D eigenvalue weighted by Crippen LogP contribution is -2.60. The highest BCUT2D eigenvalue weighted by Gasteiger charge is 2.54. The van der Waals surface area contributed by atoms with E-state index in [4.69, 9.17) is 4.74 Å². The van der Waals surface area contributed by atoms with Gasteiger partial charge in [-0.25, -0.2) is 9.80 Å². The number of ether oxygens (including phenoxy) is 1. The predicted octanol–water partition coefficient (Wildman–Crippen LogP) is 3.51. The molecule has 2 bridgehead atoms. The van der Waals surface area contributed by atoms with Crippen LogP contribution in [-0.2, 0) is 0 Å². The maximum atomic E-state index is 12.9. The minimum absolute atomic E-state index is 0.0661. The Morgan fingerprint density at radius 3 is 2.60 bits per heavy atom. The highest BCUT2D eigenvalue weighted by atomic mass is 16.5. The van der Waals surface area contributed by atoms with Crippen LogP contribution in [0.5, 0.6) is 5.75 Å². The van der Waals surface area contributed by atoms with Crippen molar-refractivity contribution in [2.45, 2.75) is 50.7 Å². The van der Waals surface area contributed by atoms with Crippen molar-refractivity contribution in [3.8, 4) is 5.75 Å². The Bertz CT molecular complexity index is 675. The molecule has 0 spiro atoms. The van der Waals surface area contributed by atoms with Gasteiger partial charge in [-0.15, -0.1) is 0 Å². The van der Waals surface area contributed by atoms with Gasteiger partial charge in [-0.3, -0.25) is 0 Å². The number of hydrogen-bond donors (Lipinski definition) is 0. The summed E-state index contributed by atoms with van der Waals surface area (Å²) in [6.45, 7) is 1.31. The number of amides is 2. The van der Waals surface area contributed by atoms with E-state index in [0.717, 1.165) is 18.1 Å². The normalized spacial score (nSPS) is 33.8. The molecule has 2 heterocycles. The van der Waals surface area contributed by atoms with Crippen LogP contribution in [0.3, 0.4) is 0 Å². The first-order chi connectivity index (χ1) is 12.2. The van der Waals surface area contributed by atoms with Crippen LogP contribution in [0.2, 0.25) is 0 Å². The lowest BCUT2D eigenvalue weighted by Gasteiger charge is -2.43. The number of carbonyl (C=O) groups excluding carboxylic acids is 1. The maximum absolute atomic E-state index is 12.9. The molecule has 3 fully saturated rings. The van der Waals surface area contributed by atoms with Gasteiger partial charge in [-0.05, 0) is 55.6 Å². The smallest absolute Gasteiger partial charge is 0.340 e. The molecule has 5 heteroatoms. The molecule has 0 N–H and O–H groups in total. The molecule has 5 rings (SSSR count). The van der Waals surface area contributed by atoms with Crippen LogP contribution < -0.4 is 4.74 Å². The Labute approximate surface area is 148 Å². The fraction of sp³-hybridized carbons (Fsp3) is 0.600. The van der Waals surface area contributed by atoms with Gasteiger partial charge in [0.05, 0.1) is 19.1 Å². The molecule has 2 aliphatic carbocycles. The predicted molar refractivity (Wildman–Crippen MR) is 95.6 cm³/mol. The summed E-state index contributed by atoms with van der Waals surface area (Å²) in [4.78, 5) is 14.8. The first-order valence-corrected chi connectivity index (χ1v) is 9.56. The van der Waals surface area contributed by atoms with Crippen molar-refractivity contribution in [2.24, 2.45) is 16.4 Å². The minimum Gasteiger partial charge on any atom is -0.487 e. The Kier molecular flexibility index (Phi) is 3.50. The van der Waals surface area contributed by atoms with Gasteiger partial charge in [0, 0.05) is 12.6 Å². The molecule has 1 saturated heterocycles. The first kappa shape index (κ1) is 15.2. The zero-order valence-corrected chi connectivity index (χ0v) is 14.5. The van der Waals surface area contributed by atoms with Crippen LogP contribution in [0.1, 0.15) is 38.5 Å². The summed E-state index contributed by atoms with van der Waals surface area (Å²) in [5, 5.41) is 6.26. The number of benzene rings is 1. The second-order valence-electron chi connectivity index (χ2n) is 8.14. The topological polar surface area (TPSA) is 45.1 Å². The van der Waals surface area contributed by atoms with E-state index in [-0.39, 0.29) is 18.2 Å². The van der Waals surface area contributed by atoms with Gasteiger partial charge in [0.15, 0.2) is 0 Å². The van der Waals surface area contributed by atoms with E-state index in [2.05, 4.69) is 5.10 Å². The first-order valence-electron chi connectivity index (χ1n) is 9.56. The molecular formula is C20H25N3O2. The van der Waals surface area contributed by atoms with E-state index in [0.29, 0.717) is 18.5 Å². The molecule has 2 saturated carbocycles. The number of fused-ring (bicyclic) bond motifs is 2. The summed E-state index contributed by atoms with van der Waals surface area (Å²) in [5.74, 6) is 1.77. The molecule has 2 amide bonds. The average molecular weight is 339 g/mol. The number of nitrogens with zero attached hydrogens (tertiary/aromatic N) is 3. The van der Waals surface area contributed by atoms with Gasteiger partial charge in [0.25, 0.3) is 0 Å². The number of hydrazone groups is 1. The van der Waals surface area contributed by atoms with Crippen LogP contribution >= 0.6 is 0 Å². The van der Waals surface area contributed by atoms with Crippen molar-refractivity contribution in [2.75, 3.05) is 13.1 Å². The highest BCUT2D eigenvalue weighted by Crippen LogP contribution is 2.58. The Morgan fingerprint density at radius 1 is 1.16 bits per heavy atom. The maximum Gasteiger partial charge on any atom is 0.340 e. The molecule has 4 aliphatic rings. The van der Waals surface area contributed by atoms with Crippen LogP contribution in [-0.4, -0.2) is 47.4 Å². The number of para-hydroxylation sites is 1. The minimum atomic E-state index is 0.0661. The van der Waals surface area contributed by atoms with E-state index < -0.39 is 0 Å². The van der Waals surface area contributed by atoms with Crippen molar-refractivity contribution in [1.29, 1.82) is 0 Å². The average Bonchev–Trinajstić information content (AvgIpc) is 3.33. The number of urea groups is 1. The molecule has 5 nitrogen and oxygen atoms in total. The Hall–Kier alpha value is -2.04. The van der Waals surface area contributed by atoms with Gasteiger partial charge in [-0.2, -0.15) is 5.10 Å². The van der Waals surface area contributed by atoms with Gasteiger partial charge in [-0.1, -0.05) is 18.2 Å². The van der Waals surface area contributed by atoms with E-state index in [1.807, 2.05) is 41.4 Å². The molecule has 1 atom stereocenters. The zero-order chi connectivity index (χ0) is 16.9. The van der Waals surface area contributed by atoms with Crippen LogP contribution in [0, 0.1) is 11.3 Å². The second kappa shape index (κ2) is 5.75.